The molecule has 0 radical (unpaired) electrons. The van der Waals surface area contributed by atoms with E-state index in [-0.39, 0.29) is 17.5 Å². The first kappa shape index (κ1) is 19.4. The molecule has 1 saturated carbocycles. The summed E-state index contributed by atoms with van der Waals surface area (Å²) in [6, 6.07) is 0. The maximum Gasteiger partial charge on any atom is 0.310 e. The summed E-state index contributed by atoms with van der Waals surface area (Å²) >= 11 is 0. The lowest BCUT2D eigenvalue weighted by Gasteiger charge is -2.14. The van der Waals surface area contributed by atoms with Crippen LogP contribution in [0.15, 0.2) is 12.2 Å². The maximum atomic E-state index is 14.1. The lowest BCUT2D eigenvalue weighted by Crippen LogP contribution is -2.14. The summed E-state index contributed by atoms with van der Waals surface area (Å²) in [5, 5.41) is 0. The van der Waals surface area contributed by atoms with Gasteiger partial charge in [0.05, 0.1) is 5.92 Å². The van der Waals surface area contributed by atoms with Crippen molar-refractivity contribution in [2.24, 2.45) is 17.3 Å². The van der Waals surface area contributed by atoms with E-state index >= 15 is 0 Å². The van der Waals surface area contributed by atoms with Crippen LogP contribution in [-0.4, -0.2) is 5.97 Å². The molecular weight excluding hydrogens is 343 g/mol. The van der Waals surface area contributed by atoms with E-state index in [0.717, 1.165) is 6.92 Å². The highest BCUT2D eigenvalue weighted by Crippen LogP contribution is 2.60. The Bertz CT molecular complexity index is 736. The highest BCUT2D eigenvalue weighted by molar-refractivity contribution is 5.78. The molecule has 0 unspecified atom stereocenters. The van der Waals surface area contributed by atoms with Crippen LogP contribution in [0.1, 0.15) is 37.5 Å². The molecule has 0 aromatic heterocycles. The Morgan fingerprint density at radius 2 is 1.72 bits per heavy atom. The van der Waals surface area contributed by atoms with E-state index in [1.807, 2.05) is 0 Å². The zero-order valence-corrected chi connectivity index (χ0v) is 14.4. The van der Waals surface area contributed by atoms with Crippen molar-refractivity contribution >= 4 is 5.97 Å². The van der Waals surface area contributed by atoms with Gasteiger partial charge in [0.1, 0.15) is 12.4 Å². The number of allylic oxidation sites excluding steroid dienone is 1. The van der Waals surface area contributed by atoms with Gasteiger partial charge in [0.15, 0.2) is 11.6 Å². The number of esters is 1. The zero-order valence-electron chi connectivity index (χ0n) is 14.4. The summed E-state index contributed by atoms with van der Waals surface area (Å²) < 4.78 is 71.8. The van der Waals surface area contributed by atoms with E-state index in [4.69, 9.17) is 4.74 Å². The van der Waals surface area contributed by atoms with E-state index in [9.17, 15) is 26.7 Å². The van der Waals surface area contributed by atoms with E-state index in [1.54, 1.807) is 20.8 Å². The second-order valence-electron chi connectivity index (χ2n) is 6.77. The smallest absolute Gasteiger partial charge is 0.310 e. The summed E-state index contributed by atoms with van der Waals surface area (Å²) in [4.78, 5) is 12.1. The third-order valence-electron chi connectivity index (χ3n) is 4.93. The Hall–Kier alpha value is -1.92. The van der Waals surface area contributed by atoms with Gasteiger partial charge in [-0.15, -0.1) is 0 Å². The Labute approximate surface area is 142 Å². The second-order valence-corrected chi connectivity index (χ2v) is 6.77. The van der Waals surface area contributed by atoms with E-state index < -0.39 is 58.9 Å². The van der Waals surface area contributed by atoms with Crippen LogP contribution >= 0.6 is 0 Å². The van der Waals surface area contributed by atoms with Gasteiger partial charge in [-0.1, -0.05) is 20.8 Å². The fourth-order valence-electron chi connectivity index (χ4n) is 3.21. The summed E-state index contributed by atoms with van der Waals surface area (Å²) in [6.45, 7) is 5.30. The Kier molecular flexibility index (Phi) is 5.25. The summed E-state index contributed by atoms with van der Waals surface area (Å²) in [5.41, 5.74) is -1.57. The highest BCUT2D eigenvalue weighted by Gasteiger charge is 2.62. The number of carbonyl (C=O) groups excluding carboxylic acids is 1. The number of halogens is 5. The average molecular weight is 362 g/mol. The summed E-state index contributed by atoms with van der Waals surface area (Å²) in [6.07, 6.45) is -1.12. The largest absolute Gasteiger partial charge is 0.460 e. The fourth-order valence-corrected chi connectivity index (χ4v) is 3.21. The normalized spacial score (nSPS) is 21.0. The van der Waals surface area contributed by atoms with Crippen LogP contribution in [0, 0.1) is 41.6 Å². The third-order valence-corrected chi connectivity index (χ3v) is 4.93. The van der Waals surface area contributed by atoms with Crippen LogP contribution in [0.25, 0.3) is 0 Å². The molecule has 25 heavy (non-hydrogen) atoms. The van der Waals surface area contributed by atoms with Crippen molar-refractivity contribution in [3.8, 4) is 0 Å². The number of ether oxygens (including phenoxy) is 1. The quantitative estimate of drug-likeness (QED) is 0.415. The average Bonchev–Trinajstić information content (AvgIpc) is 3.06. The molecule has 2 atom stereocenters. The van der Waals surface area contributed by atoms with Gasteiger partial charge < -0.3 is 4.74 Å². The lowest BCUT2D eigenvalue weighted by atomic mass is 10.0. The molecule has 138 valence electrons. The molecule has 1 aliphatic carbocycles. The molecule has 1 aromatic carbocycles. The van der Waals surface area contributed by atoms with Crippen molar-refractivity contribution < 1.29 is 31.5 Å². The van der Waals surface area contributed by atoms with E-state index in [2.05, 4.69) is 0 Å². The molecule has 1 fully saturated rings. The van der Waals surface area contributed by atoms with E-state index in [1.165, 1.54) is 0 Å². The Morgan fingerprint density at radius 3 is 2.24 bits per heavy atom. The van der Waals surface area contributed by atoms with E-state index in [0.29, 0.717) is 6.08 Å². The molecule has 0 heterocycles. The predicted molar refractivity (Wildman–Crippen MR) is 81.3 cm³/mol. The molecule has 2 rings (SSSR count). The molecule has 0 amide bonds. The monoisotopic (exact) mass is 362 g/mol. The van der Waals surface area contributed by atoms with Crippen LogP contribution in [0.4, 0.5) is 22.0 Å². The Morgan fingerprint density at radius 1 is 1.12 bits per heavy atom. The minimum Gasteiger partial charge on any atom is -0.460 e. The van der Waals surface area contributed by atoms with Gasteiger partial charge in [0.2, 0.25) is 0 Å². The van der Waals surface area contributed by atoms with Crippen LogP contribution in [-0.2, 0) is 22.6 Å². The van der Waals surface area contributed by atoms with Crippen molar-refractivity contribution in [3.63, 3.8) is 0 Å². The van der Waals surface area contributed by atoms with Crippen molar-refractivity contribution in [2.45, 2.75) is 40.7 Å². The van der Waals surface area contributed by atoms with Crippen molar-refractivity contribution in [3.05, 3.63) is 46.3 Å². The molecule has 0 aliphatic heterocycles. The first-order valence-electron chi connectivity index (χ1n) is 7.88. The molecule has 0 spiro atoms. The molecule has 0 N–H and O–H groups in total. The lowest BCUT2D eigenvalue weighted by molar-refractivity contribution is -0.147. The first-order valence-corrected chi connectivity index (χ1v) is 7.88. The highest BCUT2D eigenvalue weighted by atomic mass is 19.3. The molecule has 2 nitrogen and oxygen atoms in total. The maximum absolute atomic E-state index is 14.1. The van der Waals surface area contributed by atoms with Crippen LogP contribution < -0.4 is 0 Å². The molecule has 1 aromatic rings. The number of carbonyl (C=O) groups is 1. The Balaban J connectivity index is 2.20. The predicted octanol–water partition coefficient (Wildman–Crippen LogP) is 5.07. The van der Waals surface area contributed by atoms with Gasteiger partial charge >= 0.3 is 5.97 Å². The standard InChI is InChI=1S/C18H19F5O2/c1-5-9-10(16(23)15(22)8(2)14(9)21)7-25-17(24)13-11(6-12(19)20)18(13,3)4/h6,11,13H,5,7H2,1-4H3/t11-,13+/m1/s1. The molecule has 1 aliphatic rings. The van der Waals surface area contributed by atoms with Crippen molar-refractivity contribution in [1.82, 2.24) is 0 Å². The van der Waals surface area contributed by atoms with Crippen LogP contribution in [0.3, 0.4) is 0 Å². The zero-order chi connectivity index (χ0) is 19.1. The SMILES string of the molecule is CCc1c(F)c(C)c(F)c(F)c1COC(=O)[C@@H]1[C@@H](C=C(F)F)C1(C)C. The number of hydrogen-bond donors (Lipinski definition) is 0. The topological polar surface area (TPSA) is 26.3 Å². The van der Waals surface area contributed by atoms with Gasteiger partial charge in [-0.25, -0.2) is 13.2 Å². The number of hydrogen-bond acceptors (Lipinski definition) is 2. The first-order chi connectivity index (χ1) is 11.5. The fraction of sp³-hybridized carbons (Fsp3) is 0.500. The van der Waals surface area contributed by atoms with Gasteiger partial charge in [0, 0.05) is 17.0 Å². The minimum atomic E-state index is -1.89. The summed E-state index contributed by atoms with van der Waals surface area (Å²) in [7, 11) is 0. The van der Waals surface area contributed by atoms with Crippen molar-refractivity contribution in [1.29, 1.82) is 0 Å². The molecule has 0 saturated heterocycles. The van der Waals surface area contributed by atoms with Crippen molar-refractivity contribution in [2.75, 3.05) is 0 Å². The second kappa shape index (κ2) is 6.77. The van der Waals surface area contributed by atoms with Crippen LogP contribution in [0.2, 0.25) is 0 Å². The number of rotatable bonds is 5. The molecule has 7 heteroatoms. The van der Waals surface area contributed by atoms with Crippen LogP contribution in [0.5, 0.6) is 0 Å². The minimum absolute atomic E-state index is 0.0643. The summed E-state index contributed by atoms with van der Waals surface area (Å²) in [5.74, 6) is -5.75. The van der Waals surface area contributed by atoms with Gasteiger partial charge in [-0.2, -0.15) is 8.78 Å². The van der Waals surface area contributed by atoms with Gasteiger partial charge in [-0.05, 0) is 30.4 Å². The molecule has 0 bridgehead atoms. The third kappa shape index (κ3) is 3.41. The number of benzene rings is 1. The molecular formula is C18H19F5O2. The van der Waals surface area contributed by atoms with Gasteiger partial charge in [0.25, 0.3) is 6.08 Å². The van der Waals surface area contributed by atoms with Gasteiger partial charge in [-0.3, -0.25) is 4.79 Å².